The van der Waals surface area contributed by atoms with Gasteiger partial charge in [-0.25, -0.2) is 4.39 Å². The second-order valence-corrected chi connectivity index (χ2v) is 7.41. The van der Waals surface area contributed by atoms with Gasteiger partial charge in [-0.3, -0.25) is 0 Å². The Morgan fingerprint density at radius 1 is 1.24 bits per heavy atom. The molecule has 4 heteroatoms. The number of aliphatic hydroxyl groups excluding tert-OH is 1. The molecule has 1 heterocycles. The standard InChI is InChI=1S/C17H22BrFO2/c18-14-8-13(9-15(19)10-14)16(20)12-4-7-21-17(11-12)5-2-1-3-6-17/h8-10,12,16,20H,1-7,11H2. The lowest BCUT2D eigenvalue weighted by atomic mass is 9.74. The first-order valence-electron chi connectivity index (χ1n) is 7.86. The smallest absolute Gasteiger partial charge is 0.124 e. The maximum absolute atomic E-state index is 13.5. The fourth-order valence-corrected chi connectivity index (χ4v) is 4.38. The molecular weight excluding hydrogens is 335 g/mol. The Morgan fingerprint density at radius 3 is 2.71 bits per heavy atom. The van der Waals surface area contributed by atoms with Crippen LogP contribution in [0, 0.1) is 11.7 Å². The molecule has 21 heavy (non-hydrogen) atoms. The Balaban J connectivity index is 1.76. The van der Waals surface area contributed by atoms with Crippen molar-refractivity contribution in [2.24, 2.45) is 5.92 Å². The minimum Gasteiger partial charge on any atom is -0.388 e. The van der Waals surface area contributed by atoms with Gasteiger partial charge in [-0.2, -0.15) is 0 Å². The number of benzene rings is 1. The van der Waals surface area contributed by atoms with E-state index < -0.39 is 6.10 Å². The molecule has 116 valence electrons. The predicted octanol–water partition coefficient (Wildman–Crippen LogP) is 4.75. The Bertz CT molecular complexity index is 474. The molecule has 2 aliphatic rings. The minimum atomic E-state index is -0.611. The van der Waals surface area contributed by atoms with Gasteiger partial charge < -0.3 is 9.84 Å². The fourth-order valence-electron chi connectivity index (χ4n) is 3.90. The van der Waals surface area contributed by atoms with Crippen LogP contribution in [0.25, 0.3) is 0 Å². The SMILES string of the molecule is OC(c1cc(F)cc(Br)c1)C1CCOC2(CCCCC2)C1. The van der Waals surface area contributed by atoms with Gasteiger partial charge in [0.05, 0.1) is 11.7 Å². The van der Waals surface area contributed by atoms with Crippen LogP contribution in [0.2, 0.25) is 0 Å². The molecule has 2 unspecified atom stereocenters. The zero-order chi connectivity index (χ0) is 14.9. The van der Waals surface area contributed by atoms with Crippen molar-refractivity contribution in [3.63, 3.8) is 0 Å². The highest BCUT2D eigenvalue weighted by Crippen LogP contribution is 2.44. The second-order valence-electron chi connectivity index (χ2n) is 6.49. The predicted molar refractivity (Wildman–Crippen MR) is 83.6 cm³/mol. The van der Waals surface area contributed by atoms with E-state index in [1.165, 1.54) is 31.4 Å². The fraction of sp³-hybridized carbons (Fsp3) is 0.647. The van der Waals surface area contributed by atoms with E-state index in [-0.39, 0.29) is 17.3 Å². The Kier molecular flexibility index (Phi) is 4.67. The maximum atomic E-state index is 13.5. The number of aliphatic hydroxyl groups is 1. The lowest BCUT2D eigenvalue weighted by molar-refractivity contribution is -0.134. The van der Waals surface area contributed by atoms with E-state index in [2.05, 4.69) is 15.9 Å². The quantitative estimate of drug-likeness (QED) is 0.828. The molecule has 0 radical (unpaired) electrons. The topological polar surface area (TPSA) is 29.5 Å². The highest BCUT2D eigenvalue weighted by molar-refractivity contribution is 9.10. The summed E-state index contributed by atoms with van der Waals surface area (Å²) in [7, 11) is 0. The van der Waals surface area contributed by atoms with E-state index in [1.807, 2.05) is 6.07 Å². The van der Waals surface area contributed by atoms with Gasteiger partial charge in [0.25, 0.3) is 0 Å². The average molecular weight is 357 g/mol. The summed E-state index contributed by atoms with van der Waals surface area (Å²) in [6.07, 6.45) is 7.04. The summed E-state index contributed by atoms with van der Waals surface area (Å²) in [6.45, 7) is 0.707. The molecule has 1 aliphatic carbocycles. The minimum absolute atomic E-state index is 0.0350. The lowest BCUT2D eigenvalue weighted by Gasteiger charge is -2.44. The summed E-state index contributed by atoms with van der Waals surface area (Å²) in [4.78, 5) is 0. The zero-order valence-electron chi connectivity index (χ0n) is 12.2. The van der Waals surface area contributed by atoms with Gasteiger partial charge in [-0.15, -0.1) is 0 Å². The number of ether oxygens (including phenoxy) is 1. The molecule has 2 nitrogen and oxygen atoms in total. The molecule has 1 spiro atoms. The van der Waals surface area contributed by atoms with Gasteiger partial charge in [0.1, 0.15) is 5.82 Å². The van der Waals surface area contributed by atoms with Crippen LogP contribution in [0.15, 0.2) is 22.7 Å². The van der Waals surface area contributed by atoms with E-state index >= 15 is 0 Å². The van der Waals surface area contributed by atoms with Gasteiger partial charge in [0, 0.05) is 11.1 Å². The number of hydrogen-bond donors (Lipinski definition) is 1. The van der Waals surface area contributed by atoms with Gasteiger partial charge in [-0.05, 0) is 55.4 Å². The molecule has 1 aromatic rings. The van der Waals surface area contributed by atoms with Crippen molar-refractivity contribution in [3.05, 3.63) is 34.1 Å². The van der Waals surface area contributed by atoms with Crippen LogP contribution in [-0.4, -0.2) is 17.3 Å². The Morgan fingerprint density at radius 2 is 2.00 bits per heavy atom. The van der Waals surface area contributed by atoms with E-state index in [9.17, 15) is 9.50 Å². The normalized spacial score (nSPS) is 26.7. The van der Waals surface area contributed by atoms with Crippen molar-refractivity contribution < 1.29 is 14.2 Å². The van der Waals surface area contributed by atoms with Gasteiger partial charge in [0.15, 0.2) is 0 Å². The van der Waals surface area contributed by atoms with Crippen molar-refractivity contribution >= 4 is 15.9 Å². The van der Waals surface area contributed by atoms with Crippen LogP contribution < -0.4 is 0 Å². The molecule has 0 aromatic heterocycles. The first kappa shape index (κ1) is 15.4. The summed E-state index contributed by atoms with van der Waals surface area (Å²) >= 11 is 3.30. The molecule has 1 N–H and O–H groups in total. The Hall–Kier alpha value is -0.450. The first-order valence-corrected chi connectivity index (χ1v) is 8.65. The molecule has 1 aliphatic heterocycles. The molecule has 1 saturated carbocycles. The van der Waals surface area contributed by atoms with Crippen molar-refractivity contribution in [1.29, 1.82) is 0 Å². The van der Waals surface area contributed by atoms with E-state index in [0.29, 0.717) is 16.6 Å². The van der Waals surface area contributed by atoms with Crippen LogP contribution >= 0.6 is 15.9 Å². The van der Waals surface area contributed by atoms with Gasteiger partial charge in [-0.1, -0.05) is 35.2 Å². The van der Waals surface area contributed by atoms with Crippen LogP contribution in [0.4, 0.5) is 4.39 Å². The summed E-state index contributed by atoms with van der Waals surface area (Å²) in [5, 5.41) is 10.7. The molecule has 0 bridgehead atoms. The van der Waals surface area contributed by atoms with Crippen LogP contribution in [0.3, 0.4) is 0 Å². The third kappa shape index (κ3) is 3.49. The molecule has 1 aromatic carbocycles. The molecule has 1 saturated heterocycles. The summed E-state index contributed by atoms with van der Waals surface area (Å²) in [6, 6.07) is 4.68. The highest BCUT2D eigenvalue weighted by atomic mass is 79.9. The molecule has 0 amide bonds. The monoisotopic (exact) mass is 356 g/mol. The molecule has 3 rings (SSSR count). The van der Waals surface area contributed by atoms with Gasteiger partial charge >= 0.3 is 0 Å². The summed E-state index contributed by atoms with van der Waals surface area (Å²) < 4.78 is 20.3. The van der Waals surface area contributed by atoms with E-state index in [0.717, 1.165) is 25.7 Å². The zero-order valence-corrected chi connectivity index (χ0v) is 13.7. The third-order valence-corrected chi connectivity index (χ3v) is 5.43. The van der Waals surface area contributed by atoms with Gasteiger partial charge in [0.2, 0.25) is 0 Å². The number of hydrogen-bond acceptors (Lipinski definition) is 2. The largest absolute Gasteiger partial charge is 0.388 e. The molecule has 2 atom stereocenters. The third-order valence-electron chi connectivity index (χ3n) is 4.97. The maximum Gasteiger partial charge on any atom is 0.124 e. The summed E-state index contributed by atoms with van der Waals surface area (Å²) in [5.74, 6) is -0.150. The highest BCUT2D eigenvalue weighted by Gasteiger charge is 2.40. The molecular formula is C17H22BrFO2. The lowest BCUT2D eigenvalue weighted by Crippen LogP contribution is -2.42. The van der Waals surface area contributed by atoms with Crippen molar-refractivity contribution in [1.82, 2.24) is 0 Å². The number of halogens is 2. The van der Waals surface area contributed by atoms with Crippen LogP contribution in [0.5, 0.6) is 0 Å². The number of rotatable bonds is 2. The molecule has 2 fully saturated rings. The van der Waals surface area contributed by atoms with Crippen LogP contribution in [-0.2, 0) is 4.74 Å². The second kappa shape index (κ2) is 6.35. The Labute approximate surface area is 133 Å². The van der Waals surface area contributed by atoms with Crippen molar-refractivity contribution in [3.8, 4) is 0 Å². The van der Waals surface area contributed by atoms with E-state index in [1.54, 1.807) is 0 Å². The van der Waals surface area contributed by atoms with E-state index in [4.69, 9.17) is 4.74 Å². The van der Waals surface area contributed by atoms with Crippen molar-refractivity contribution in [2.45, 2.75) is 56.7 Å². The summed E-state index contributed by atoms with van der Waals surface area (Å²) in [5.41, 5.74) is 0.631. The van der Waals surface area contributed by atoms with Crippen LogP contribution in [0.1, 0.15) is 56.6 Å². The average Bonchev–Trinajstić information content (AvgIpc) is 2.46. The van der Waals surface area contributed by atoms with Crippen molar-refractivity contribution in [2.75, 3.05) is 6.61 Å². The first-order chi connectivity index (χ1) is 10.1.